The minimum atomic E-state index is 0.938. The first-order valence-electron chi connectivity index (χ1n) is 2.45. The van der Waals surface area contributed by atoms with Crippen LogP contribution in [0, 0.1) is 12.3 Å². The highest BCUT2D eigenvalue weighted by Gasteiger charge is 1.76. The van der Waals surface area contributed by atoms with Gasteiger partial charge in [-0.05, 0) is 12.1 Å². The van der Waals surface area contributed by atoms with Crippen molar-refractivity contribution >= 4 is 0 Å². The summed E-state index contributed by atoms with van der Waals surface area (Å²) in [5.74, 6) is 2.53. The standard InChI is InChI=1S/C8H6/c1-2-8-6-4-3-5-7-8/h1,3-7H/i3+1,4+1,5+1,6+1,7+1,8+1. The molecule has 38 valence electrons. The number of terminal acetylenes is 1. The second-order valence-electron chi connectivity index (χ2n) is 1.51. The molecule has 0 saturated heterocycles. The molecule has 0 saturated carbocycles. The van der Waals surface area contributed by atoms with Gasteiger partial charge in [0.05, 0.1) is 0 Å². The van der Waals surface area contributed by atoms with Crippen LogP contribution in [0.5, 0.6) is 0 Å². The molecule has 0 heteroatoms. The molecule has 0 atom stereocenters. The summed E-state index contributed by atoms with van der Waals surface area (Å²) in [7, 11) is 0. The van der Waals surface area contributed by atoms with Crippen LogP contribution in [0.2, 0.25) is 0 Å². The van der Waals surface area contributed by atoms with Gasteiger partial charge in [0.2, 0.25) is 0 Å². The smallest absolute Gasteiger partial charge is 0.0242 e. The molecule has 0 radical (unpaired) electrons. The maximum Gasteiger partial charge on any atom is 0.0242 e. The van der Waals surface area contributed by atoms with E-state index in [9.17, 15) is 0 Å². The van der Waals surface area contributed by atoms with Crippen LogP contribution in [-0.4, -0.2) is 0 Å². The van der Waals surface area contributed by atoms with E-state index in [4.69, 9.17) is 6.42 Å². The zero-order valence-electron chi connectivity index (χ0n) is 4.46. The van der Waals surface area contributed by atoms with Crippen LogP contribution >= 0.6 is 0 Å². The largest absolute Gasteiger partial charge is 0.115 e. The van der Waals surface area contributed by atoms with Gasteiger partial charge in [-0.3, -0.25) is 0 Å². The third kappa shape index (κ3) is 0.886. The Morgan fingerprint density at radius 3 is 2.12 bits per heavy atom. The van der Waals surface area contributed by atoms with Crippen LogP contribution < -0.4 is 0 Å². The summed E-state index contributed by atoms with van der Waals surface area (Å²) in [4.78, 5) is 0. The average Bonchev–Trinajstić information content (AvgIpc) is 1.90. The highest BCUT2D eigenvalue weighted by Crippen LogP contribution is 1.92. The lowest BCUT2D eigenvalue weighted by atomic mass is 10.9. The predicted molar refractivity (Wildman–Crippen MR) is 34.4 cm³/mol. The van der Waals surface area contributed by atoms with Gasteiger partial charge in [-0.15, -0.1) is 6.42 Å². The fraction of sp³-hybridized carbons (Fsp3) is 0. The molecule has 0 fully saturated rings. The van der Waals surface area contributed by atoms with Crippen LogP contribution in [-0.2, 0) is 0 Å². The molecule has 0 aliphatic heterocycles. The summed E-state index contributed by atoms with van der Waals surface area (Å²) in [5.41, 5.74) is 0.938. The van der Waals surface area contributed by atoms with E-state index >= 15 is 0 Å². The van der Waals surface area contributed by atoms with Crippen molar-refractivity contribution in [2.24, 2.45) is 0 Å². The van der Waals surface area contributed by atoms with Crippen molar-refractivity contribution in [3.63, 3.8) is 0 Å². The van der Waals surface area contributed by atoms with E-state index in [2.05, 4.69) is 5.92 Å². The highest BCUT2D eigenvalue weighted by molar-refractivity contribution is 5.30. The molecule has 0 heterocycles. The molecule has 0 aliphatic carbocycles. The van der Waals surface area contributed by atoms with Crippen molar-refractivity contribution in [3.05, 3.63) is 35.9 Å². The molecule has 0 bridgehead atoms. The van der Waals surface area contributed by atoms with Gasteiger partial charge in [-0.2, -0.15) is 0 Å². The molecule has 1 rings (SSSR count). The van der Waals surface area contributed by atoms with Gasteiger partial charge in [0.15, 0.2) is 0 Å². The van der Waals surface area contributed by atoms with E-state index < -0.39 is 0 Å². The Balaban J connectivity index is 3.05. The van der Waals surface area contributed by atoms with Gasteiger partial charge in [0.1, 0.15) is 0 Å². The lowest BCUT2D eigenvalue weighted by molar-refractivity contribution is 1.65. The van der Waals surface area contributed by atoms with Crippen molar-refractivity contribution in [3.8, 4) is 12.3 Å². The molecule has 0 N–H and O–H groups in total. The quantitative estimate of drug-likeness (QED) is 0.443. The Bertz CT molecular complexity index is 191. The van der Waals surface area contributed by atoms with Crippen molar-refractivity contribution in [1.82, 2.24) is 0 Å². The van der Waals surface area contributed by atoms with E-state index in [1.807, 2.05) is 30.3 Å². The molecule has 0 nitrogen and oxygen atoms in total. The molecule has 1 aromatic rings. The van der Waals surface area contributed by atoms with E-state index in [1.54, 1.807) is 0 Å². The van der Waals surface area contributed by atoms with Crippen LogP contribution in [0.1, 0.15) is 5.56 Å². The van der Waals surface area contributed by atoms with Crippen molar-refractivity contribution in [2.45, 2.75) is 0 Å². The minimum absolute atomic E-state index is 0.938. The van der Waals surface area contributed by atoms with Crippen LogP contribution in [0.3, 0.4) is 0 Å². The second kappa shape index (κ2) is 2.18. The molecule has 0 spiro atoms. The third-order valence-corrected chi connectivity index (χ3v) is 0.940. The third-order valence-electron chi connectivity index (χ3n) is 0.940. The number of hydrogen-bond acceptors (Lipinski definition) is 0. The number of rotatable bonds is 0. The monoisotopic (exact) mass is 108 g/mol. The molecule has 1 aromatic carbocycles. The highest BCUT2D eigenvalue weighted by atomic mass is 14.7. The van der Waals surface area contributed by atoms with Crippen molar-refractivity contribution < 1.29 is 0 Å². The number of hydrogen-bond donors (Lipinski definition) is 0. The molecule has 0 aromatic heterocycles. The lowest BCUT2D eigenvalue weighted by Gasteiger charge is -1.82. The van der Waals surface area contributed by atoms with Gasteiger partial charge < -0.3 is 0 Å². The summed E-state index contributed by atoms with van der Waals surface area (Å²) >= 11 is 0. The van der Waals surface area contributed by atoms with Crippen LogP contribution in [0.25, 0.3) is 0 Å². The lowest BCUT2D eigenvalue weighted by Crippen LogP contribution is -1.66. The van der Waals surface area contributed by atoms with E-state index in [0.29, 0.717) is 0 Å². The predicted octanol–water partition coefficient (Wildman–Crippen LogP) is 1.67. The Morgan fingerprint density at radius 2 is 1.75 bits per heavy atom. The normalized spacial score (nSPS) is 7.88. The van der Waals surface area contributed by atoms with Gasteiger partial charge in [0.25, 0.3) is 0 Å². The average molecular weight is 108 g/mol. The Labute approximate surface area is 49.2 Å². The first-order chi connectivity index (χ1) is 3.93. The van der Waals surface area contributed by atoms with Crippen molar-refractivity contribution in [2.75, 3.05) is 0 Å². The molecular weight excluding hydrogens is 102 g/mol. The Morgan fingerprint density at radius 1 is 1.12 bits per heavy atom. The number of benzene rings is 1. The zero-order chi connectivity index (χ0) is 5.82. The molecule has 0 amide bonds. The first kappa shape index (κ1) is 4.93. The summed E-state index contributed by atoms with van der Waals surface area (Å²) in [6.07, 6.45) is 5.10. The SMILES string of the molecule is C#C[13c]1[13cH][13cH][13cH][13cH][13cH]1. The van der Waals surface area contributed by atoms with Crippen LogP contribution in [0.4, 0.5) is 0 Å². The summed E-state index contributed by atoms with van der Waals surface area (Å²) < 4.78 is 0. The Hall–Kier alpha value is -1.22. The summed E-state index contributed by atoms with van der Waals surface area (Å²) in [6.45, 7) is 0. The molecular formula is C8H6. The van der Waals surface area contributed by atoms with Gasteiger partial charge in [-0.25, -0.2) is 0 Å². The zero-order valence-corrected chi connectivity index (χ0v) is 4.46. The molecule has 0 unspecified atom stereocenters. The van der Waals surface area contributed by atoms with Gasteiger partial charge in [0, 0.05) is 5.56 Å². The summed E-state index contributed by atoms with van der Waals surface area (Å²) in [6, 6.07) is 9.60. The fourth-order valence-electron chi connectivity index (χ4n) is 0.534. The molecule has 8 heavy (non-hydrogen) atoms. The topological polar surface area (TPSA) is 0 Å². The molecule has 0 aliphatic rings. The second-order valence-corrected chi connectivity index (χ2v) is 1.51. The first-order valence-corrected chi connectivity index (χ1v) is 2.45. The fourth-order valence-corrected chi connectivity index (χ4v) is 0.534. The maximum absolute atomic E-state index is 5.10. The van der Waals surface area contributed by atoms with E-state index in [-0.39, 0.29) is 0 Å². The summed E-state index contributed by atoms with van der Waals surface area (Å²) in [5, 5.41) is 0. The van der Waals surface area contributed by atoms with Crippen LogP contribution in [0.15, 0.2) is 30.3 Å². The van der Waals surface area contributed by atoms with Gasteiger partial charge in [-0.1, -0.05) is 24.1 Å². The Kier molecular flexibility index (Phi) is 1.34. The maximum atomic E-state index is 5.10. The van der Waals surface area contributed by atoms with Crippen molar-refractivity contribution in [1.29, 1.82) is 0 Å². The minimum Gasteiger partial charge on any atom is -0.115 e. The van der Waals surface area contributed by atoms with E-state index in [1.165, 1.54) is 0 Å². The van der Waals surface area contributed by atoms with E-state index in [0.717, 1.165) is 5.56 Å². The van der Waals surface area contributed by atoms with Gasteiger partial charge >= 0.3 is 0 Å².